The normalized spacial score (nSPS) is 14.6. The highest BCUT2D eigenvalue weighted by Gasteiger charge is 2.33. The zero-order chi connectivity index (χ0) is 20.1. The van der Waals surface area contributed by atoms with E-state index in [0.29, 0.717) is 10.8 Å². The first-order valence-corrected chi connectivity index (χ1v) is 9.09. The van der Waals surface area contributed by atoms with Crippen LogP contribution in [0.1, 0.15) is 11.6 Å². The van der Waals surface area contributed by atoms with Crippen LogP contribution in [0.5, 0.6) is 5.75 Å². The van der Waals surface area contributed by atoms with Crippen LogP contribution in [0.2, 0.25) is 10.0 Å². The average Bonchev–Trinajstić information content (AvgIpc) is 2.99. The van der Waals surface area contributed by atoms with Crippen molar-refractivity contribution in [3.05, 3.63) is 64.1 Å². The van der Waals surface area contributed by atoms with Gasteiger partial charge in [0.05, 0.1) is 17.6 Å². The lowest BCUT2D eigenvalue weighted by atomic mass is 10.1. The predicted octanol–water partition coefficient (Wildman–Crippen LogP) is 3.21. The van der Waals surface area contributed by atoms with Crippen LogP contribution in [0.25, 0.3) is 0 Å². The summed E-state index contributed by atoms with van der Waals surface area (Å²) in [5.41, 5.74) is 0.730. The summed E-state index contributed by atoms with van der Waals surface area (Å²) in [5, 5.41) is 3.50. The zero-order valence-corrected chi connectivity index (χ0v) is 16.1. The molecule has 3 rings (SSSR count). The molecule has 146 valence electrons. The molecule has 28 heavy (non-hydrogen) atoms. The van der Waals surface area contributed by atoms with Gasteiger partial charge in [-0.25, -0.2) is 9.69 Å². The fraction of sp³-hybridized carbons (Fsp3) is 0.211. The molecule has 1 N–H and O–H groups in total. The van der Waals surface area contributed by atoms with Crippen LogP contribution in [0.15, 0.2) is 48.5 Å². The molecule has 0 saturated carbocycles. The van der Waals surface area contributed by atoms with E-state index < -0.39 is 23.9 Å². The lowest BCUT2D eigenvalue weighted by Gasteiger charge is -2.23. The van der Waals surface area contributed by atoms with Crippen molar-refractivity contribution in [1.29, 1.82) is 0 Å². The van der Waals surface area contributed by atoms with Gasteiger partial charge in [0.15, 0.2) is 13.2 Å². The molecule has 1 heterocycles. The Balaban J connectivity index is 1.67. The molecule has 2 aromatic rings. The van der Waals surface area contributed by atoms with Crippen LogP contribution in [0, 0.1) is 0 Å². The molecule has 3 amide bonds. The van der Waals surface area contributed by atoms with Crippen LogP contribution >= 0.6 is 23.2 Å². The van der Waals surface area contributed by atoms with Gasteiger partial charge in [0.1, 0.15) is 5.75 Å². The maximum absolute atomic E-state index is 12.4. The van der Waals surface area contributed by atoms with Gasteiger partial charge in [-0.3, -0.25) is 9.59 Å². The summed E-state index contributed by atoms with van der Waals surface area (Å²) in [6.07, 6.45) is -0.732. The SMILES string of the molecule is O=C(COc1ccc(Cl)cc1Cl)NC(CN1C(=O)COC1=O)c1ccccc1. The van der Waals surface area contributed by atoms with Gasteiger partial charge in [-0.05, 0) is 23.8 Å². The van der Waals surface area contributed by atoms with Crippen LogP contribution in [0.3, 0.4) is 0 Å². The number of carbonyl (C=O) groups is 3. The maximum Gasteiger partial charge on any atom is 0.417 e. The molecule has 7 nitrogen and oxygen atoms in total. The van der Waals surface area contributed by atoms with Gasteiger partial charge >= 0.3 is 6.09 Å². The molecule has 1 unspecified atom stereocenters. The third kappa shape index (κ3) is 4.94. The van der Waals surface area contributed by atoms with Crippen molar-refractivity contribution in [3.8, 4) is 5.75 Å². The Kier molecular flexibility index (Phi) is 6.38. The summed E-state index contributed by atoms with van der Waals surface area (Å²) in [6, 6.07) is 13.0. The smallest absolute Gasteiger partial charge is 0.417 e. The standard InChI is InChI=1S/C19H16Cl2N2O5/c20-13-6-7-16(14(21)8-13)27-10-17(24)22-15(12-4-2-1-3-5-12)9-23-18(25)11-28-19(23)26/h1-8,15H,9-11H2,(H,22,24). The molecule has 0 aliphatic carbocycles. The molecule has 1 aliphatic rings. The van der Waals surface area contributed by atoms with E-state index in [1.54, 1.807) is 36.4 Å². The zero-order valence-electron chi connectivity index (χ0n) is 14.6. The first kappa shape index (κ1) is 20.0. The Labute approximate surface area is 171 Å². The van der Waals surface area contributed by atoms with Gasteiger partial charge in [-0.1, -0.05) is 53.5 Å². The number of hydrogen-bond donors (Lipinski definition) is 1. The molecule has 1 fully saturated rings. The second-order valence-electron chi connectivity index (χ2n) is 5.95. The molecule has 0 spiro atoms. The molecular formula is C19H16Cl2N2O5. The molecule has 0 aromatic heterocycles. The lowest BCUT2D eigenvalue weighted by molar-refractivity contribution is -0.128. The molecule has 2 aromatic carbocycles. The quantitative estimate of drug-likeness (QED) is 0.740. The second kappa shape index (κ2) is 8.95. The molecule has 0 radical (unpaired) electrons. The molecule has 1 aliphatic heterocycles. The van der Waals surface area contributed by atoms with E-state index in [2.05, 4.69) is 5.32 Å². The van der Waals surface area contributed by atoms with Crippen LogP contribution in [-0.2, 0) is 14.3 Å². The van der Waals surface area contributed by atoms with Crippen molar-refractivity contribution < 1.29 is 23.9 Å². The van der Waals surface area contributed by atoms with Gasteiger partial charge in [0, 0.05) is 5.02 Å². The number of hydrogen-bond acceptors (Lipinski definition) is 5. The van der Waals surface area contributed by atoms with E-state index in [1.807, 2.05) is 6.07 Å². The monoisotopic (exact) mass is 422 g/mol. The average molecular weight is 423 g/mol. The number of nitrogens with zero attached hydrogens (tertiary/aromatic N) is 1. The third-order valence-corrected chi connectivity index (χ3v) is 4.53. The van der Waals surface area contributed by atoms with E-state index in [1.165, 1.54) is 6.07 Å². The van der Waals surface area contributed by atoms with Gasteiger partial charge in [0.25, 0.3) is 11.8 Å². The molecule has 1 atom stereocenters. The van der Waals surface area contributed by atoms with E-state index >= 15 is 0 Å². The predicted molar refractivity (Wildman–Crippen MR) is 102 cm³/mol. The molecule has 1 saturated heterocycles. The van der Waals surface area contributed by atoms with Gasteiger partial charge in [-0.15, -0.1) is 0 Å². The van der Waals surface area contributed by atoms with E-state index in [4.69, 9.17) is 32.7 Å². The van der Waals surface area contributed by atoms with Gasteiger partial charge in [-0.2, -0.15) is 0 Å². The minimum Gasteiger partial charge on any atom is -0.482 e. The highest BCUT2D eigenvalue weighted by Crippen LogP contribution is 2.27. The van der Waals surface area contributed by atoms with Crippen molar-refractivity contribution in [3.63, 3.8) is 0 Å². The van der Waals surface area contributed by atoms with Crippen LogP contribution in [0.4, 0.5) is 4.79 Å². The fourth-order valence-electron chi connectivity index (χ4n) is 2.63. The van der Waals surface area contributed by atoms with Crippen molar-refractivity contribution in [2.24, 2.45) is 0 Å². The Hall–Kier alpha value is -2.77. The van der Waals surface area contributed by atoms with Crippen molar-refractivity contribution in [2.75, 3.05) is 19.8 Å². The van der Waals surface area contributed by atoms with Gasteiger partial charge in [0.2, 0.25) is 0 Å². The summed E-state index contributed by atoms with van der Waals surface area (Å²) in [4.78, 5) is 36.9. The summed E-state index contributed by atoms with van der Waals surface area (Å²) in [7, 11) is 0. The highest BCUT2D eigenvalue weighted by molar-refractivity contribution is 6.35. The van der Waals surface area contributed by atoms with E-state index in [-0.39, 0.29) is 24.8 Å². The minimum absolute atomic E-state index is 0.0465. The summed E-state index contributed by atoms with van der Waals surface area (Å²) in [6.45, 7) is -0.648. The minimum atomic E-state index is -0.732. The highest BCUT2D eigenvalue weighted by atomic mass is 35.5. The van der Waals surface area contributed by atoms with Crippen LogP contribution in [-0.4, -0.2) is 42.6 Å². The molecular weight excluding hydrogens is 407 g/mol. The van der Waals surface area contributed by atoms with Gasteiger partial charge < -0.3 is 14.8 Å². The summed E-state index contributed by atoms with van der Waals surface area (Å²) in [5.74, 6) is -0.583. The number of imide groups is 1. The number of halogens is 2. The number of cyclic esters (lactones) is 1. The Bertz CT molecular complexity index is 875. The topological polar surface area (TPSA) is 84.9 Å². The fourth-order valence-corrected chi connectivity index (χ4v) is 3.09. The molecule has 9 heteroatoms. The number of amides is 3. The number of nitrogens with one attached hydrogen (secondary N) is 1. The van der Waals surface area contributed by atoms with E-state index in [0.717, 1.165) is 10.5 Å². The van der Waals surface area contributed by atoms with Crippen molar-refractivity contribution >= 4 is 41.1 Å². The second-order valence-corrected chi connectivity index (χ2v) is 6.80. The first-order chi connectivity index (χ1) is 13.4. The number of carbonyl (C=O) groups excluding carboxylic acids is 3. The summed E-state index contributed by atoms with van der Waals surface area (Å²) >= 11 is 11.9. The number of ether oxygens (including phenoxy) is 2. The largest absolute Gasteiger partial charge is 0.482 e. The Morgan fingerprint density at radius 2 is 1.93 bits per heavy atom. The maximum atomic E-state index is 12.4. The Morgan fingerprint density at radius 1 is 1.18 bits per heavy atom. The van der Waals surface area contributed by atoms with Crippen molar-refractivity contribution in [2.45, 2.75) is 6.04 Å². The molecule has 0 bridgehead atoms. The van der Waals surface area contributed by atoms with E-state index in [9.17, 15) is 14.4 Å². The lowest BCUT2D eigenvalue weighted by Crippen LogP contribution is -2.41. The summed E-state index contributed by atoms with van der Waals surface area (Å²) < 4.78 is 10.1. The first-order valence-electron chi connectivity index (χ1n) is 8.33. The van der Waals surface area contributed by atoms with Crippen molar-refractivity contribution in [1.82, 2.24) is 10.2 Å². The van der Waals surface area contributed by atoms with Crippen LogP contribution < -0.4 is 10.1 Å². The third-order valence-electron chi connectivity index (χ3n) is 4.00. The number of benzene rings is 2. The number of rotatable bonds is 7. The Morgan fingerprint density at radius 3 is 2.57 bits per heavy atom.